The highest BCUT2D eigenvalue weighted by Gasteiger charge is 2.05. The Bertz CT molecular complexity index is 721. The van der Waals surface area contributed by atoms with Gasteiger partial charge in [-0.15, -0.1) is 0 Å². The predicted octanol–water partition coefficient (Wildman–Crippen LogP) is 2.90. The van der Waals surface area contributed by atoms with E-state index in [1.165, 1.54) is 5.56 Å². The molecule has 2 heterocycles. The molecule has 0 amide bonds. The SMILES string of the molecule is Cc1cccc2c1[nH]c(=S)n2CCn1cccn1. The molecule has 0 unspecified atom stereocenters. The molecular weight excluding hydrogens is 244 g/mol. The number of nitrogens with zero attached hydrogens (tertiary/aromatic N) is 3. The molecular formula is C13H14N4S. The molecule has 0 spiro atoms. The molecule has 18 heavy (non-hydrogen) atoms. The second-order valence-corrected chi connectivity index (χ2v) is 4.71. The quantitative estimate of drug-likeness (QED) is 0.734. The molecule has 1 aromatic carbocycles. The molecule has 92 valence electrons. The fourth-order valence-corrected chi connectivity index (χ4v) is 2.47. The lowest BCUT2D eigenvalue weighted by Gasteiger charge is -2.05. The van der Waals surface area contributed by atoms with Crippen molar-refractivity contribution < 1.29 is 0 Å². The zero-order valence-corrected chi connectivity index (χ0v) is 10.9. The summed E-state index contributed by atoms with van der Waals surface area (Å²) in [4.78, 5) is 3.27. The number of aromatic nitrogens is 4. The number of H-pyrrole nitrogens is 1. The molecule has 0 fully saturated rings. The zero-order valence-electron chi connectivity index (χ0n) is 10.1. The van der Waals surface area contributed by atoms with Gasteiger partial charge < -0.3 is 9.55 Å². The van der Waals surface area contributed by atoms with E-state index in [0.717, 1.165) is 28.9 Å². The maximum Gasteiger partial charge on any atom is 0.178 e. The maximum absolute atomic E-state index is 5.39. The van der Waals surface area contributed by atoms with Crippen molar-refractivity contribution in [2.45, 2.75) is 20.0 Å². The number of aryl methyl sites for hydroxylation is 3. The Labute approximate surface area is 110 Å². The molecule has 0 saturated heterocycles. The lowest BCUT2D eigenvalue weighted by molar-refractivity contribution is 0.538. The summed E-state index contributed by atoms with van der Waals surface area (Å²) in [6, 6.07) is 8.17. The average Bonchev–Trinajstić information content (AvgIpc) is 2.95. The van der Waals surface area contributed by atoms with Crippen LogP contribution in [-0.2, 0) is 13.1 Å². The van der Waals surface area contributed by atoms with Crippen LogP contribution in [0, 0.1) is 11.7 Å². The molecule has 0 aliphatic heterocycles. The van der Waals surface area contributed by atoms with Crippen LogP contribution in [0.3, 0.4) is 0 Å². The van der Waals surface area contributed by atoms with Crippen LogP contribution in [-0.4, -0.2) is 19.3 Å². The van der Waals surface area contributed by atoms with Crippen molar-refractivity contribution in [3.63, 3.8) is 0 Å². The molecule has 1 N–H and O–H groups in total. The molecule has 3 aromatic rings. The number of rotatable bonds is 3. The van der Waals surface area contributed by atoms with Crippen molar-refractivity contribution in [1.82, 2.24) is 19.3 Å². The number of fused-ring (bicyclic) bond motifs is 1. The summed E-state index contributed by atoms with van der Waals surface area (Å²) in [6.45, 7) is 3.73. The van der Waals surface area contributed by atoms with Crippen molar-refractivity contribution in [2.75, 3.05) is 0 Å². The van der Waals surface area contributed by atoms with Crippen molar-refractivity contribution in [3.05, 3.63) is 47.0 Å². The van der Waals surface area contributed by atoms with Crippen LogP contribution in [0.1, 0.15) is 5.56 Å². The predicted molar refractivity (Wildman–Crippen MR) is 74.1 cm³/mol. The van der Waals surface area contributed by atoms with Crippen LogP contribution in [0.25, 0.3) is 11.0 Å². The van der Waals surface area contributed by atoms with Crippen LogP contribution in [0.4, 0.5) is 0 Å². The van der Waals surface area contributed by atoms with Gasteiger partial charge in [0, 0.05) is 18.9 Å². The van der Waals surface area contributed by atoms with E-state index in [0.29, 0.717) is 0 Å². The second kappa shape index (κ2) is 4.42. The molecule has 4 nitrogen and oxygen atoms in total. The summed E-state index contributed by atoms with van der Waals surface area (Å²) in [5.41, 5.74) is 3.51. The van der Waals surface area contributed by atoms with Gasteiger partial charge in [0.1, 0.15) is 0 Å². The van der Waals surface area contributed by atoms with E-state index >= 15 is 0 Å². The van der Waals surface area contributed by atoms with Crippen LogP contribution in [0.5, 0.6) is 0 Å². The summed E-state index contributed by atoms with van der Waals surface area (Å²) in [7, 11) is 0. The van der Waals surface area contributed by atoms with E-state index in [1.54, 1.807) is 6.20 Å². The lowest BCUT2D eigenvalue weighted by atomic mass is 10.2. The largest absolute Gasteiger partial charge is 0.330 e. The molecule has 5 heteroatoms. The first-order chi connectivity index (χ1) is 8.75. The Kier molecular flexibility index (Phi) is 2.76. The van der Waals surface area contributed by atoms with Gasteiger partial charge in [-0.1, -0.05) is 12.1 Å². The van der Waals surface area contributed by atoms with Gasteiger partial charge in [0.05, 0.1) is 17.6 Å². The second-order valence-electron chi connectivity index (χ2n) is 4.32. The number of hydrogen-bond acceptors (Lipinski definition) is 2. The first-order valence-corrected chi connectivity index (χ1v) is 6.32. The third kappa shape index (κ3) is 1.86. The van der Waals surface area contributed by atoms with Gasteiger partial charge in [-0.05, 0) is 36.8 Å². The summed E-state index contributed by atoms with van der Waals surface area (Å²) >= 11 is 5.39. The standard InChI is InChI=1S/C13H14N4S/c1-10-4-2-5-11-12(10)15-13(18)17(11)9-8-16-7-3-6-14-16/h2-7H,8-9H2,1H3,(H,15,18). The maximum atomic E-state index is 5.39. The monoisotopic (exact) mass is 258 g/mol. The highest BCUT2D eigenvalue weighted by Crippen LogP contribution is 2.17. The van der Waals surface area contributed by atoms with Crippen molar-refractivity contribution in [2.24, 2.45) is 0 Å². The van der Waals surface area contributed by atoms with Crippen molar-refractivity contribution in [3.8, 4) is 0 Å². The van der Waals surface area contributed by atoms with E-state index < -0.39 is 0 Å². The number of imidazole rings is 1. The highest BCUT2D eigenvalue weighted by atomic mass is 32.1. The Balaban J connectivity index is 1.99. The van der Waals surface area contributed by atoms with Gasteiger partial charge in [0.2, 0.25) is 0 Å². The first-order valence-electron chi connectivity index (χ1n) is 5.91. The van der Waals surface area contributed by atoms with E-state index in [2.05, 4.69) is 39.8 Å². The van der Waals surface area contributed by atoms with Gasteiger partial charge in [-0.3, -0.25) is 4.68 Å². The number of hydrogen-bond donors (Lipinski definition) is 1. The third-order valence-electron chi connectivity index (χ3n) is 3.13. The van der Waals surface area contributed by atoms with E-state index in [9.17, 15) is 0 Å². The summed E-state index contributed by atoms with van der Waals surface area (Å²) in [5, 5.41) is 4.20. The van der Waals surface area contributed by atoms with Crippen LogP contribution in [0.15, 0.2) is 36.7 Å². The summed E-state index contributed by atoms with van der Waals surface area (Å²) in [5.74, 6) is 0. The van der Waals surface area contributed by atoms with Gasteiger partial charge in [-0.25, -0.2) is 0 Å². The lowest BCUT2D eigenvalue weighted by Crippen LogP contribution is -2.07. The zero-order chi connectivity index (χ0) is 12.5. The molecule has 0 bridgehead atoms. The molecule has 2 aromatic heterocycles. The fourth-order valence-electron chi connectivity index (χ4n) is 2.18. The Morgan fingerprint density at radius 1 is 1.28 bits per heavy atom. The molecule has 0 radical (unpaired) electrons. The molecule has 0 aliphatic rings. The summed E-state index contributed by atoms with van der Waals surface area (Å²) in [6.07, 6.45) is 3.75. The van der Waals surface area contributed by atoms with Gasteiger partial charge in [0.25, 0.3) is 0 Å². The van der Waals surface area contributed by atoms with Crippen LogP contribution in [0.2, 0.25) is 0 Å². The van der Waals surface area contributed by atoms with E-state index in [-0.39, 0.29) is 0 Å². The first kappa shape index (κ1) is 11.2. The smallest absolute Gasteiger partial charge is 0.178 e. The molecule has 0 saturated carbocycles. The van der Waals surface area contributed by atoms with Gasteiger partial charge in [0.15, 0.2) is 4.77 Å². The molecule has 0 aliphatic carbocycles. The number of benzene rings is 1. The number of nitrogens with one attached hydrogen (secondary N) is 1. The average molecular weight is 258 g/mol. The number of para-hydroxylation sites is 1. The minimum absolute atomic E-state index is 0.770. The van der Waals surface area contributed by atoms with Gasteiger partial charge in [-0.2, -0.15) is 5.10 Å². The topological polar surface area (TPSA) is 38.5 Å². The summed E-state index contributed by atoms with van der Waals surface area (Å²) < 4.78 is 4.81. The molecule has 3 rings (SSSR count). The van der Waals surface area contributed by atoms with E-state index in [4.69, 9.17) is 12.2 Å². The molecule has 0 atom stereocenters. The highest BCUT2D eigenvalue weighted by molar-refractivity contribution is 7.71. The van der Waals surface area contributed by atoms with Crippen LogP contribution < -0.4 is 0 Å². The minimum atomic E-state index is 0.770. The third-order valence-corrected chi connectivity index (χ3v) is 3.45. The van der Waals surface area contributed by atoms with E-state index in [1.807, 2.05) is 16.9 Å². The Hall–Kier alpha value is -1.88. The van der Waals surface area contributed by atoms with Gasteiger partial charge >= 0.3 is 0 Å². The van der Waals surface area contributed by atoms with Crippen molar-refractivity contribution in [1.29, 1.82) is 0 Å². The van der Waals surface area contributed by atoms with Crippen molar-refractivity contribution >= 4 is 23.3 Å². The minimum Gasteiger partial charge on any atom is -0.330 e. The van der Waals surface area contributed by atoms with Crippen LogP contribution >= 0.6 is 12.2 Å². The fraction of sp³-hybridized carbons (Fsp3) is 0.231. The normalized spacial score (nSPS) is 11.2. The Morgan fingerprint density at radius 2 is 2.17 bits per heavy atom. The Morgan fingerprint density at radius 3 is 2.94 bits per heavy atom. The number of aromatic amines is 1.